The SMILES string of the molecule is COc1ccc(C2=CN3C(=O)c4cc(OC)c(OCCCCCOc5cc6c(cc5C)C(=O)N5C=C(c7ccc(NC(=O)C(CCCNC(C)=O)CC(=O)C(NC(=O)CCCCCN8C(=O)CC(SC)C8=O)C(C)C)cc7)C[C@H]5C(S(=O)(=O)O)C6)cc4CC[C@@H]3C2)cc1. The number of nitrogens with zero attached hydrogens (tertiary/aromatic N) is 3. The molecule has 5 aliphatic rings. The maximum absolute atomic E-state index is 14.4. The predicted molar refractivity (Wildman–Crippen MR) is 354 cm³/mol. The van der Waals surface area contributed by atoms with E-state index in [0.29, 0.717) is 121 Å². The molecule has 1 saturated heterocycles. The van der Waals surface area contributed by atoms with Crippen LogP contribution >= 0.6 is 11.8 Å². The molecule has 23 heteroatoms. The first-order valence-corrected chi connectivity index (χ1v) is 35.0. The number of ketones is 1. The number of hydrogen-bond donors (Lipinski definition) is 4. The summed E-state index contributed by atoms with van der Waals surface area (Å²) in [6.45, 7) is 8.16. The number of carbonyl (C=O) groups excluding carboxylic acids is 8. The molecule has 0 saturated carbocycles. The molecular weight excluding hydrogens is 1230 g/mol. The lowest BCUT2D eigenvalue weighted by Crippen LogP contribution is -2.45. The maximum Gasteiger partial charge on any atom is 0.270 e. The number of amides is 7. The molecule has 0 aliphatic carbocycles. The van der Waals surface area contributed by atoms with Crippen molar-refractivity contribution >= 4 is 85.8 Å². The van der Waals surface area contributed by atoms with E-state index in [2.05, 4.69) is 16.0 Å². The van der Waals surface area contributed by atoms with Gasteiger partial charge in [-0.05, 0) is 184 Å². The van der Waals surface area contributed by atoms with E-state index < -0.39 is 45.2 Å². The van der Waals surface area contributed by atoms with Gasteiger partial charge in [0, 0.05) is 80.4 Å². The number of likely N-dealkylation sites (tertiary alicyclic amines) is 1. The van der Waals surface area contributed by atoms with Crippen molar-refractivity contribution in [3.05, 3.63) is 124 Å². The predicted octanol–water partition coefficient (Wildman–Crippen LogP) is 9.53. The largest absolute Gasteiger partial charge is 0.497 e. The van der Waals surface area contributed by atoms with E-state index in [1.54, 1.807) is 69.1 Å². The Kier molecular flexibility index (Phi) is 23.3. The summed E-state index contributed by atoms with van der Waals surface area (Å²) in [5, 5.41) is 6.81. The van der Waals surface area contributed by atoms with E-state index in [4.69, 9.17) is 18.9 Å². The van der Waals surface area contributed by atoms with Crippen molar-refractivity contribution in [2.45, 2.75) is 159 Å². The molecule has 0 radical (unpaired) electrons. The Balaban J connectivity index is 0.768. The van der Waals surface area contributed by atoms with Crippen LogP contribution in [0.5, 0.6) is 23.0 Å². The van der Waals surface area contributed by atoms with E-state index in [0.717, 1.165) is 41.7 Å². The Morgan fingerprint density at radius 1 is 0.731 bits per heavy atom. The molecule has 6 atom stereocenters. The minimum absolute atomic E-state index is 0.0477. The Labute approximate surface area is 548 Å². The molecule has 4 aromatic rings. The van der Waals surface area contributed by atoms with Gasteiger partial charge < -0.3 is 44.7 Å². The Hall–Kier alpha value is -8.02. The third-order valence-electron chi connectivity index (χ3n) is 18.2. The molecule has 498 valence electrons. The zero-order valence-electron chi connectivity index (χ0n) is 54.1. The number of anilines is 1. The molecule has 0 bridgehead atoms. The van der Waals surface area contributed by atoms with Crippen LogP contribution in [0.1, 0.15) is 159 Å². The van der Waals surface area contributed by atoms with Crippen LogP contribution in [0.15, 0.2) is 85.2 Å². The van der Waals surface area contributed by atoms with Crippen molar-refractivity contribution in [3.63, 3.8) is 0 Å². The lowest BCUT2D eigenvalue weighted by molar-refractivity contribution is -0.138. The molecule has 9 rings (SSSR count). The molecule has 4 unspecified atom stereocenters. The summed E-state index contributed by atoms with van der Waals surface area (Å²) in [5.41, 5.74) is 6.82. The summed E-state index contributed by atoms with van der Waals surface area (Å²) in [5.74, 6) is -0.936. The lowest BCUT2D eigenvalue weighted by atomic mass is 9.89. The van der Waals surface area contributed by atoms with Crippen molar-refractivity contribution in [1.82, 2.24) is 25.3 Å². The molecule has 7 amide bonds. The molecule has 4 N–H and O–H groups in total. The first-order valence-electron chi connectivity index (χ1n) is 32.2. The van der Waals surface area contributed by atoms with Crippen LogP contribution in [0.4, 0.5) is 5.69 Å². The van der Waals surface area contributed by atoms with Gasteiger partial charge in [-0.15, -0.1) is 0 Å². The molecule has 0 aromatic heterocycles. The van der Waals surface area contributed by atoms with Gasteiger partial charge in [0.15, 0.2) is 17.3 Å². The van der Waals surface area contributed by atoms with E-state index in [1.165, 1.54) is 28.5 Å². The van der Waals surface area contributed by atoms with Crippen LogP contribution < -0.4 is 34.9 Å². The lowest BCUT2D eigenvalue weighted by Gasteiger charge is -2.26. The fourth-order valence-electron chi connectivity index (χ4n) is 13.0. The number of imide groups is 1. The Morgan fingerprint density at radius 3 is 2.03 bits per heavy atom. The van der Waals surface area contributed by atoms with Gasteiger partial charge in [0.25, 0.3) is 21.9 Å². The topological polar surface area (TPSA) is 274 Å². The summed E-state index contributed by atoms with van der Waals surface area (Å²) >= 11 is 1.36. The number of benzene rings is 4. The molecule has 0 spiro atoms. The van der Waals surface area contributed by atoms with Crippen molar-refractivity contribution in [2.75, 3.05) is 52.1 Å². The molecular formula is C70H86N6O15S2. The van der Waals surface area contributed by atoms with Gasteiger partial charge in [0.1, 0.15) is 16.7 Å². The van der Waals surface area contributed by atoms with Crippen molar-refractivity contribution < 1.29 is 70.3 Å². The number of hydrogen-bond acceptors (Lipinski definition) is 15. The van der Waals surface area contributed by atoms with Gasteiger partial charge in [-0.2, -0.15) is 20.2 Å². The monoisotopic (exact) mass is 1310 g/mol. The molecule has 1 fully saturated rings. The van der Waals surface area contributed by atoms with Gasteiger partial charge in [-0.3, -0.25) is 47.8 Å². The number of thioether (sulfide) groups is 1. The van der Waals surface area contributed by atoms with E-state index >= 15 is 0 Å². The highest BCUT2D eigenvalue weighted by atomic mass is 32.2. The third kappa shape index (κ3) is 17.0. The number of aryl methyl sites for hydroxylation is 2. The zero-order chi connectivity index (χ0) is 66.7. The molecule has 21 nitrogen and oxygen atoms in total. The minimum atomic E-state index is -4.70. The van der Waals surface area contributed by atoms with Crippen LogP contribution in [0, 0.1) is 18.8 Å². The summed E-state index contributed by atoms with van der Waals surface area (Å²) in [6, 6.07) is 20.0. The third-order valence-corrected chi connectivity index (χ3v) is 20.4. The van der Waals surface area contributed by atoms with Crippen LogP contribution in [0.3, 0.4) is 0 Å². The standard InChI is InChI=1S/C70H86N6O15S2/c1-42(2)66(73-64(79)16-10-8-11-28-74-65(80)39-62(92-7)70(74)84)58(78)34-48(15-14-27-71-44(4)77)67(81)72-52-22-17-45(18-23-52)51-33-57-63(93(85,86)87)37-49-36-59(43(3)31-55(49)69(83)76(57)41-51)90-29-12-9-13-30-91-61-35-47-19-24-53-32-50(46-20-25-54(88-5)26-21-46)40-75(53)68(82)56(47)38-60(61)89-6/h17-18,20-23,25-26,31,35-36,38,40-42,48,53,57,62-63,66H,8-16,19,24,27-30,32-34,37,39H2,1-7H3,(H,71,77)(H,72,81)(H,73,79)(H,85,86,87)/t48?,53-,57+,62?,63?,66?/m1/s1. The zero-order valence-corrected chi connectivity index (χ0v) is 55.7. The number of unbranched alkanes of at least 4 members (excludes halogenated alkanes) is 4. The van der Waals surface area contributed by atoms with E-state index in [9.17, 15) is 51.3 Å². The smallest absolute Gasteiger partial charge is 0.270 e. The second-order valence-electron chi connectivity index (χ2n) is 25.1. The second kappa shape index (κ2) is 31.3. The summed E-state index contributed by atoms with van der Waals surface area (Å²) in [7, 11) is -1.50. The van der Waals surface area contributed by atoms with Gasteiger partial charge in [-0.25, -0.2) is 0 Å². The number of Topliss-reactive ketones (excluding diaryl/α,β-unsaturated/α-hetero) is 1. The highest BCUT2D eigenvalue weighted by molar-refractivity contribution is 8.00. The van der Waals surface area contributed by atoms with E-state index in [1.807, 2.05) is 62.2 Å². The van der Waals surface area contributed by atoms with Gasteiger partial charge in [-0.1, -0.05) is 44.5 Å². The Morgan fingerprint density at radius 2 is 1.38 bits per heavy atom. The minimum Gasteiger partial charge on any atom is -0.497 e. The summed E-state index contributed by atoms with van der Waals surface area (Å²) < 4.78 is 60.8. The first-order chi connectivity index (χ1) is 44.5. The average molecular weight is 1320 g/mol. The fourth-order valence-corrected chi connectivity index (χ4v) is 14.7. The number of fused-ring (bicyclic) bond motifs is 4. The van der Waals surface area contributed by atoms with Gasteiger partial charge in [0.05, 0.1) is 44.8 Å². The molecule has 5 heterocycles. The highest BCUT2D eigenvalue weighted by Gasteiger charge is 2.46. The van der Waals surface area contributed by atoms with Crippen LogP contribution in [-0.2, 0) is 51.7 Å². The molecule has 93 heavy (non-hydrogen) atoms. The van der Waals surface area contributed by atoms with Crippen molar-refractivity contribution in [1.29, 1.82) is 0 Å². The fraction of sp³-hybridized carbons (Fsp3) is 0.486. The number of carbonyl (C=O) groups is 8. The van der Waals surface area contributed by atoms with Crippen LogP contribution in [0.2, 0.25) is 0 Å². The molecule has 4 aromatic carbocycles. The number of nitrogens with one attached hydrogen (secondary N) is 3. The normalized spacial score (nSPS) is 19.1. The summed E-state index contributed by atoms with van der Waals surface area (Å²) in [4.78, 5) is 110. The quantitative estimate of drug-likeness (QED) is 0.0207. The van der Waals surface area contributed by atoms with Crippen LogP contribution in [0.25, 0.3) is 11.1 Å². The summed E-state index contributed by atoms with van der Waals surface area (Å²) in [6.07, 6.45) is 12.2. The van der Waals surface area contributed by atoms with Gasteiger partial charge in [0.2, 0.25) is 29.5 Å². The highest BCUT2D eigenvalue weighted by Crippen LogP contribution is 2.42. The second-order valence-corrected chi connectivity index (χ2v) is 27.7. The van der Waals surface area contributed by atoms with Crippen molar-refractivity contribution in [3.8, 4) is 23.0 Å². The van der Waals surface area contributed by atoms with Gasteiger partial charge >= 0.3 is 0 Å². The van der Waals surface area contributed by atoms with E-state index in [-0.39, 0.29) is 97.6 Å². The number of ether oxygens (including phenoxy) is 4. The first kappa shape index (κ1) is 69.3. The number of rotatable bonds is 31. The average Bonchev–Trinajstić information content (AvgIpc) is 1.63. The van der Waals surface area contributed by atoms with Crippen molar-refractivity contribution in [2.24, 2.45) is 11.8 Å². The number of methoxy groups -OCH3 is 2. The Bertz CT molecular complexity index is 3650. The maximum atomic E-state index is 14.4. The molecule has 5 aliphatic heterocycles. The van der Waals surface area contributed by atoms with Crippen LogP contribution in [-0.4, -0.2) is 150 Å².